The Labute approximate surface area is 102 Å². The normalized spacial score (nSPS) is 27.6. The van der Waals surface area contributed by atoms with E-state index in [1.165, 1.54) is 4.31 Å². The molecule has 0 saturated carbocycles. The molecule has 0 aromatic carbocycles. The van der Waals surface area contributed by atoms with Crippen molar-refractivity contribution in [3.05, 3.63) is 0 Å². The van der Waals surface area contributed by atoms with Crippen molar-refractivity contribution in [2.75, 3.05) is 26.3 Å². The van der Waals surface area contributed by atoms with E-state index in [0.717, 1.165) is 0 Å². The molecule has 1 aliphatic rings. The molecule has 8 heteroatoms. The van der Waals surface area contributed by atoms with Crippen molar-refractivity contribution in [3.63, 3.8) is 0 Å². The fourth-order valence-electron chi connectivity index (χ4n) is 1.74. The van der Waals surface area contributed by atoms with Gasteiger partial charge in [-0.05, 0) is 13.8 Å². The summed E-state index contributed by atoms with van der Waals surface area (Å²) in [6, 6.07) is -0.867. The van der Waals surface area contributed by atoms with Gasteiger partial charge in [0, 0.05) is 13.1 Å². The molecule has 7 nitrogen and oxygen atoms in total. The fourth-order valence-corrected chi connectivity index (χ4v) is 3.28. The molecule has 2 atom stereocenters. The van der Waals surface area contributed by atoms with E-state index in [9.17, 15) is 8.42 Å². The minimum absolute atomic E-state index is 0.169. The third-order valence-electron chi connectivity index (χ3n) is 2.48. The van der Waals surface area contributed by atoms with Gasteiger partial charge >= 0.3 is 0 Å². The number of rotatable bonds is 5. The number of hydrogen-bond donors (Lipinski definition) is 3. The van der Waals surface area contributed by atoms with Crippen LogP contribution in [0.25, 0.3) is 0 Å². The van der Waals surface area contributed by atoms with Crippen LogP contribution in [0.4, 0.5) is 0 Å². The minimum Gasteiger partial charge on any atom is -0.395 e. The molecule has 1 rings (SSSR count). The van der Waals surface area contributed by atoms with Crippen molar-refractivity contribution in [2.45, 2.75) is 32.1 Å². The number of nitrogens with one attached hydrogen (secondary N) is 1. The molecule has 0 aromatic rings. The van der Waals surface area contributed by atoms with Crippen LogP contribution in [0.5, 0.6) is 0 Å². The Morgan fingerprint density at radius 3 is 2.18 bits per heavy atom. The van der Waals surface area contributed by atoms with Crippen molar-refractivity contribution in [1.82, 2.24) is 9.03 Å². The largest absolute Gasteiger partial charge is 0.395 e. The molecule has 3 N–H and O–H groups in total. The minimum atomic E-state index is -3.69. The Morgan fingerprint density at radius 1 is 1.29 bits per heavy atom. The second kappa shape index (κ2) is 6.07. The van der Waals surface area contributed by atoms with Gasteiger partial charge in [0.25, 0.3) is 10.2 Å². The van der Waals surface area contributed by atoms with Crippen LogP contribution in [0.1, 0.15) is 13.8 Å². The molecule has 0 amide bonds. The summed E-state index contributed by atoms with van der Waals surface area (Å²) in [5.41, 5.74) is 0. The number of nitrogens with zero attached hydrogens (tertiary/aromatic N) is 1. The van der Waals surface area contributed by atoms with Gasteiger partial charge in [0.2, 0.25) is 0 Å². The van der Waals surface area contributed by atoms with E-state index in [4.69, 9.17) is 14.9 Å². The fraction of sp³-hybridized carbons (Fsp3) is 1.00. The van der Waals surface area contributed by atoms with Gasteiger partial charge in [-0.2, -0.15) is 17.4 Å². The summed E-state index contributed by atoms with van der Waals surface area (Å²) in [5.74, 6) is 0. The van der Waals surface area contributed by atoms with Gasteiger partial charge in [-0.1, -0.05) is 0 Å². The highest BCUT2D eigenvalue weighted by molar-refractivity contribution is 7.87. The number of ether oxygens (including phenoxy) is 1. The van der Waals surface area contributed by atoms with Gasteiger partial charge in [0.15, 0.2) is 0 Å². The van der Waals surface area contributed by atoms with Crippen molar-refractivity contribution in [2.24, 2.45) is 0 Å². The van der Waals surface area contributed by atoms with Crippen LogP contribution >= 0.6 is 0 Å². The molecule has 2 unspecified atom stereocenters. The van der Waals surface area contributed by atoms with Crippen LogP contribution in [0.2, 0.25) is 0 Å². The molecule has 1 fully saturated rings. The standard InChI is InChI=1S/C9H20N2O5S/c1-7-3-11(4-8(2)16-7)17(14,15)10-9(5-12)6-13/h7-10,12-13H,3-6H2,1-2H3. The van der Waals surface area contributed by atoms with Crippen LogP contribution in [0.3, 0.4) is 0 Å². The molecule has 1 saturated heterocycles. The van der Waals surface area contributed by atoms with Crippen LogP contribution in [0, 0.1) is 0 Å². The zero-order valence-electron chi connectivity index (χ0n) is 10.0. The summed E-state index contributed by atoms with van der Waals surface area (Å²) in [5, 5.41) is 17.7. The maximum Gasteiger partial charge on any atom is 0.280 e. The summed E-state index contributed by atoms with van der Waals surface area (Å²) in [4.78, 5) is 0. The Morgan fingerprint density at radius 2 is 1.76 bits per heavy atom. The molecule has 0 aromatic heterocycles. The van der Waals surface area contributed by atoms with Crippen molar-refractivity contribution >= 4 is 10.2 Å². The quantitative estimate of drug-likeness (QED) is 0.551. The predicted octanol–water partition coefficient (Wildman–Crippen LogP) is -1.72. The van der Waals surface area contributed by atoms with Gasteiger partial charge in [0.1, 0.15) is 0 Å². The van der Waals surface area contributed by atoms with Gasteiger partial charge in [-0.3, -0.25) is 0 Å². The maximum atomic E-state index is 11.9. The van der Waals surface area contributed by atoms with E-state index < -0.39 is 29.5 Å². The maximum absolute atomic E-state index is 11.9. The van der Waals surface area contributed by atoms with E-state index >= 15 is 0 Å². The first-order valence-corrected chi connectivity index (χ1v) is 6.97. The first-order chi connectivity index (χ1) is 7.89. The van der Waals surface area contributed by atoms with Gasteiger partial charge in [-0.25, -0.2) is 0 Å². The van der Waals surface area contributed by atoms with E-state index in [-0.39, 0.29) is 25.3 Å². The first-order valence-electron chi connectivity index (χ1n) is 5.53. The van der Waals surface area contributed by atoms with Crippen LogP contribution in [-0.2, 0) is 14.9 Å². The monoisotopic (exact) mass is 268 g/mol. The molecule has 1 heterocycles. The zero-order chi connectivity index (χ0) is 13.1. The SMILES string of the molecule is CC1CN(S(=O)(=O)NC(CO)CO)CC(C)O1. The van der Waals surface area contributed by atoms with Crippen molar-refractivity contribution in [3.8, 4) is 0 Å². The molecule has 0 radical (unpaired) electrons. The lowest BCUT2D eigenvalue weighted by atomic mass is 10.3. The average Bonchev–Trinajstić information content (AvgIpc) is 2.24. The molecule has 102 valence electrons. The highest BCUT2D eigenvalue weighted by Crippen LogP contribution is 2.13. The summed E-state index contributed by atoms with van der Waals surface area (Å²) < 4.78 is 32.8. The smallest absolute Gasteiger partial charge is 0.280 e. The number of aliphatic hydroxyl groups is 2. The van der Waals surface area contributed by atoms with Gasteiger partial charge < -0.3 is 14.9 Å². The molecular formula is C9H20N2O5S. The number of hydrogen-bond acceptors (Lipinski definition) is 5. The Kier molecular flexibility index (Phi) is 5.29. The Balaban J connectivity index is 2.69. The summed E-state index contributed by atoms with van der Waals surface area (Å²) in [6.07, 6.45) is -0.339. The lowest BCUT2D eigenvalue weighted by Gasteiger charge is -2.35. The molecule has 0 bridgehead atoms. The average molecular weight is 268 g/mol. The van der Waals surface area contributed by atoms with E-state index in [0.29, 0.717) is 0 Å². The van der Waals surface area contributed by atoms with Crippen molar-refractivity contribution < 1.29 is 23.4 Å². The highest BCUT2D eigenvalue weighted by Gasteiger charge is 2.32. The zero-order valence-corrected chi connectivity index (χ0v) is 10.9. The molecule has 0 spiro atoms. The van der Waals surface area contributed by atoms with Crippen molar-refractivity contribution in [1.29, 1.82) is 0 Å². The third-order valence-corrected chi connectivity index (χ3v) is 4.09. The lowest BCUT2D eigenvalue weighted by Crippen LogP contribution is -2.54. The number of morpholine rings is 1. The Hall–Kier alpha value is -0.250. The van der Waals surface area contributed by atoms with E-state index in [2.05, 4.69) is 4.72 Å². The van der Waals surface area contributed by atoms with E-state index in [1.54, 1.807) is 13.8 Å². The summed E-state index contributed by atoms with van der Waals surface area (Å²) in [7, 11) is -3.69. The Bertz CT molecular complexity index is 320. The highest BCUT2D eigenvalue weighted by atomic mass is 32.2. The van der Waals surface area contributed by atoms with Crippen LogP contribution in [0.15, 0.2) is 0 Å². The number of aliphatic hydroxyl groups excluding tert-OH is 2. The van der Waals surface area contributed by atoms with Crippen LogP contribution < -0.4 is 4.72 Å². The molecular weight excluding hydrogens is 248 g/mol. The van der Waals surface area contributed by atoms with Crippen LogP contribution in [-0.4, -0.2) is 67.5 Å². The van der Waals surface area contributed by atoms with E-state index in [1.807, 2.05) is 0 Å². The molecule has 0 aliphatic carbocycles. The predicted molar refractivity (Wildman–Crippen MR) is 61.6 cm³/mol. The second-order valence-electron chi connectivity index (χ2n) is 4.26. The lowest BCUT2D eigenvalue weighted by molar-refractivity contribution is -0.0445. The van der Waals surface area contributed by atoms with Gasteiger partial charge in [0.05, 0.1) is 31.5 Å². The van der Waals surface area contributed by atoms with Gasteiger partial charge in [-0.15, -0.1) is 0 Å². The molecule has 17 heavy (non-hydrogen) atoms. The topological polar surface area (TPSA) is 99.1 Å². The molecule has 1 aliphatic heterocycles. The first kappa shape index (κ1) is 14.8. The second-order valence-corrected chi connectivity index (χ2v) is 5.96. The summed E-state index contributed by atoms with van der Waals surface area (Å²) >= 11 is 0. The third kappa shape index (κ3) is 4.16. The summed E-state index contributed by atoms with van der Waals surface area (Å²) in [6.45, 7) is 3.25.